The van der Waals surface area contributed by atoms with Gasteiger partial charge in [-0.3, -0.25) is 9.59 Å². The first-order chi connectivity index (χ1) is 12.3. The highest BCUT2D eigenvalue weighted by Crippen LogP contribution is 2.37. The van der Waals surface area contributed by atoms with Crippen molar-refractivity contribution in [1.29, 1.82) is 0 Å². The molecule has 1 fully saturated rings. The zero-order valence-electron chi connectivity index (χ0n) is 13.9. The van der Waals surface area contributed by atoms with Crippen LogP contribution < -0.4 is 0 Å². The number of ether oxygens (including phenoxy) is 1. The van der Waals surface area contributed by atoms with Crippen LogP contribution in [0.5, 0.6) is 0 Å². The summed E-state index contributed by atoms with van der Waals surface area (Å²) in [5.74, 6) is -2.37. The van der Waals surface area contributed by atoms with Crippen LogP contribution in [0.4, 0.5) is 26.3 Å². The Kier molecular flexibility index (Phi) is 5.46. The molecule has 0 spiro atoms. The second-order valence-corrected chi connectivity index (χ2v) is 6.29. The molecule has 0 radical (unpaired) electrons. The Morgan fingerprint density at radius 3 is 2.04 bits per heavy atom. The molecular weight excluding hydrogens is 384 g/mol. The van der Waals surface area contributed by atoms with Crippen LogP contribution in [0, 0.1) is 5.41 Å². The Balaban J connectivity index is 2.40. The fourth-order valence-corrected chi connectivity index (χ4v) is 2.94. The molecule has 0 bridgehead atoms. The largest absolute Gasteiger partial charge is 0.481 e. The van der Waals surface area contributed by atoms with E-state index in [1.54, 1.807) is 0 Å². The van der Waals surface area contributed by atoms with Crippen LogP contribution in [0.25, 0.3) is 0 Å². The van der Waals surface area contributed by atoms with Crippen molar-refractivity contribution in [1.82, 2.24) is 4.90 Å². The van der Waals surface area contributed by atoms with Gasteiger partial charge in [-0.15, -0.1) is 0 Å². The van der Waals surface area contributed by atoms with E-state index in [0.717, 1.165) is 4.90 Å². The standard InChI is InChI=1S/C16H15F6NO4/c1-27-8-14(13(25)26)2-3-23(7-14)12(24)9-4-10(15(17,18)19)6-11(5-9)16(20,21)22/h4-6H,2-3,7-8H2,1H3,(H,25,26). The minimum Gasteiger partial charge on any atom is -0.481 e. The van der Waals surface area contributed by atoms with Crippen LogP contribution in [0.2, 0.25) is 0 Å². The molecule has 1 unspecified atom stereocenters. The van der Waals surface area contributed by atoms with E-state index >= 15 is 0 Å². The lowest BCUT2D eigenvalue weighted by molar-refractivity contribution is -0.151. The Morgan fingerprint density at radius 1 is 1.11 bits per heavy atom. The number of carboxylic acid groups (broad SMARTS) is 1. The number of methoxy groups -OCH3 is 1. The van der Waals surface area contributed by atoms with Gasteiger partial charge >= 0.3 is 18.3 Å². The first-order valence-electron chi connectivity index (χ1n) is 7.61. The first-order valence-corrected chi connectivity index (χ1v) is 7.61. The fraction of sp³-hybridized carbons (Fsp3) is 0.500. The number of carbonyl (C=O) groups excluding carboxylic acids is 1. The van der Waals surface area contributed by atoms with Crippen LogP contribution >= 0.6 is 0 Å². The molecule has 0 saturated carbocycles. The molecule has 5 nitrogen and oxygen atoms in total. The minimum atomic E-state index is -5.08. The normalized spacial score (nSPS) is 20.8. The monoisotopic (exact) mass is 399 g/mol. The molecule has 150 valence electrons. The maximum atomic E-state index is 12.9. The molecule has 1 heterocycles. The summed E-state index contributed by atoms with van der Waals surface area (Å²) < 4.78 is 82.4. The van der Waals surface area contributed by atoms with Crippen molar-refractivity contribution in [2.45, 2.75) is 18.8 Å². The van der Waals surface area contributed by atoms with Crippen molar-refractivity contribution in [3.8, 4) is 0 Å². The molecule has 1 atom stereocenters. The van der Waals surface area contributed by atoms with Gasteiger partial charge in [-0.2, -0.15) is 26.3 Å². The molecule has 1 saturated heterocycles. The van der Waals surface area contributed by atoms with Gasteiger partial charge in [0.05, 0.1) is 17.7 Å². The summed E-state index contributed by atoms with van der Waals surface area (Å²) in [4.78, 5) is 24.9. The van der Waals surface area contributed by atoms with E-state index in [1.165, 1.54) is 7.11 Å². The number of halogens is 6. The van der Waals surface area contributed by atoms with E-state index in [-0.39, 0.29) is 32.2 Å². The molecule has 1 amide bonds. The fourth-order valence-electron chi connectivity index (χ4n) is 2.94. The third-order valence-electron chi connectivity index (χ3n) is 4.35. The van der Waals surface area contributed by atoms with Gasteiger partial charge in [-0.1, -0.05) is 0 Å². The molecule has 1 aromatic rings. The van der Waals surface area contributed by atoms with Crippen LogP contribution in [-0.2, 0) is 21.9 Å². The Hall–Kier alpha value is -2.30. The SMILES string of the molecule is COCC1(C(=O)O)CCN(C(=O)c2cc(C(F)(F)F)cc(C(F)(F)F)c2)C1. The van der Waals surface area contributed by atoms with E-state index in [0.29, 0.717) is 12.1 Å². The number of aliphatic carboxylic acids is 1. The summed E-state index contributed by atoms with van der Waals surface area (Å²) in [5.41, 5.74) is -5.49. The number of hydrogen-bond donors (Lipinski definition) is 1. The third-order valence-corrected chi connectivity index (χ3v) is 4.35. The highest BCUT2D eigenvalue weighted by atomic mass is 19.4. The summed E-state index contributed by atoms with van der Waals surface area (Å²) in [7, 11) is 1.25. The van der Waals surface area contributed by atoms with Gasteiger partial charge in [-0.25, -0.2) is 0 Å². The second kappa shape index (κ2) is 7.02. The maximum absolute atomic E-state index is 12.9. The molecule has 1 aromatic carbocycles. The van der Waals surface area contributed by atoms with Crippen molar-refractivity contribution < 1.29 is 45.8 Å². The van der Waals surface area contributed by atoms with E-state index in [9.17, 15) is 41.0 Å². The van der Waals surface area contributed by atoms with E-state index < -0.39 is 46.3 Å². The van der Waals surface area contributed by atoms with Gasteiger partial charge in [0.15, 0.2) is 0 Å². The second-order valence-electron chi connectivity index (χ2n) is 6.29. The molecular formula is C16H15F6NO4. The predicted molar refractivity (Wildman–Crippen MR) is 78.9 cm³/mol. The molecule has 1 aliphatic rings. The lowest BCUT2D eigenvalue weighted by Crippen LogP contribution is -2.40. The summed E-state index contributed by atoms with van der Waals surface area (Å²) in [6, 6.07) is 0.580. The Labute approximate surface area is 149 Å². The summed E-state index contributed by atoms with van der Waals surface area (Å²) >= 11 is 0. The van der Waals surface area contributed by atoms with Crippen molar-refractivity contribution in [2.75, 3.05) is 26.8 Å². The number of carbonyl (C=O) groups is 2. The smallest absolute Gasteiger partial charge is 0.416 e. The topological polar surface area (TPSA) is 66.8 Å². The number of amides is 1. The average Bonchev–Trinajstić information content (AvgIpc) is 2.98. The summed E-state index contributed by atoms with van der Waals surface area (Å²) in [6.07, 6.45) is -10.2. The predicted octanol–water partition coefficient (Wildman–Crippen LogP) is 3.29. The zero-order chi connectivity index (χ0) is 20.6. The number of alkyl halides is 6. The molecule has 1 N–H and O–H groups in total. The van der Waals surface area contributed by atoms with Gasteiger partial charge < -0.3 is 14.7 Å². The van der Waals surface area contributed by atoms with E-state index in [1.807, 2.05) is 0 Å². The van der Waals surface area contributed by atoms with Crippen molar-refractivity contribution in [2.24, 2.45) is 5.41 Å². The Morgan fingerprint density at radius 2 is 1.63 bits per heavy atom. The van der Waals surface area contributed by atoms with Crippen LogP contribution in [0.15, 0.2) is 18.2 Å². The Bertz CT molecular complexity index is 713. The molecule has 11 heteroatoms. The minimum absolute atomic E-state index is 0.0347. The highest BCUT2D eigenvalue weighted by molar-refractivity contribution is 5.95. The molecule has 1 aliphatic heterocycles. The van der Waals surface area contributed by atoms with Gasteiger partial charge in [-0.05, 0) is 24.6 Å². The number of benzene rings is 1. The molecule has 2 rings (SSSR count). The van der Waals surface area contributed by atoms with Crippen LogP contribution in [-0.4, -0.2) is 48.7 Å². The highest BCUT2D eigenvalue weighted by Gasteiger charge is 2.47. The molecule has 0 aliphatic carbocycles. The van der Waals surface area contributed by atoms with Gasteiger partial charge in [0.2, 0.25) is 0 Å². The number of carboxylic acids is 1. The van der Waals surface area contributed by atoms with Gasteiger partial charge in [0.25, 0.3) is 5.91 Å². The molecule has 27 heavy (non-hydrogen) atoms. The quantitative estimate of drug-likeness (QED) is 0.790. The molecule has 0 aromatic heterocycles. The van der Waals surface area contributed by atoms with Gasteiger partial charge in [0.1, 0.15) is 5.41 Å². The lowest BCUT2D eigenvalue weighted by Gasteiger charge is -2.24. The van der Waals surface area contributed by atoms with E-state index in [4.69, 9.17) is 4.74 Å². The van der Waals surface area contributed by atoms with Crippen molar-refractivity contribution in [3.05, 3.63) is 34.9 Å². The third kappa shape index (κ3) is 4.34. The number of likely N-dealkylation sites (tertiary alicyclic amines) is 1. The van der Waals surface area contributed by atoms with Gasteiger partial charge in [0, 0.05) is 25.8 Å². The first kappa shape index (κ1) is 21.0. The number of hydrogen-bond acceptors (Lipinski definition) is 3. The average molecular weight is 399 g/mol. The summed E-state index contributed by atoms with van der Waals surface area (Å²) in [6.45, 7) is -0.763. The zero-order valence-corrected chi connectivity index (χ0v) is 13.9. The number of nitrogens with zero attached hydrogens (tertiary/aromatic N) is 1. The number of rotatable bonds is 4. The summed E-state index contributed by atoms with van der Waals surface area (Å²) in [5, 5.41) is 9.35. The van der Waals surface area contributed by atoms with Crippen molar-refractivity contribution in [3.63, 3.8) is 0 Å². The van der Waals surface area contributed by atoms with Crippen LogP contribution in [0.3, 0.4) is 0 Å². The van der Waals surface area contributed by atoms with Crippen LogP contribution in [0.1, 0.15) is 27.9 Å². The van der Waals surface area contributed by atoms with E-state index in [2.05, 4.69) is 0 Å². The lowest BCUT2D eigenvalue weighted by atomic mass is 9.88. The maximum Gasteiger partial charge on any atom is 0.416 e. The van der Waals surface area contributed by atoms with Crippen molar-refractivity contribution >= 4 is 11.9 Å².